The molecule has 0 aliphatic heterocycles. The number of hydrogen-bond acceptors (Lipinski definition) is 2. The third kappa shape index (κ3) is 103. The predicted molar refractivity (Wildman–Crippen MR) is 108 cm³/mol. The molecule has 2 N–H and O–H groups in total. The SMILES string of the molecule is CN(C)[NH-].CN(C)[NH-].C[CH](C)[Ga][CH](C)C.C[CH](C)[Ga][CH](C)C. The van der Waals surface area contributed by atoms with Crippen LogP contribution < -0.4 is 0 Å². The van der Waals surface area contributed by atoms with Gasteiger partial charge in [-0.1, -0.05) is 0 Å². The fourth-order valence-corrected chi connectivity index (χ4v) is 8.00. The van der Waals surface area contributed by atoms with Gasteiger partial charge < -0.3 is 21.7 Å². The first-order chi connectivity index (χ1) is 9.72. The molecule has 0 saturated heterocycles. The fourth-order valence-electron chi connectivity index (χ4n) is 1.54. The van der Waals surface area contributed by atoms with Crippen molar-refractivity contribution in [2.45, 2.75) is 73.3 Å². The van der Waals surface area contributed by atoms with E-state index in [0.717, 1.165) is 17.9 Å². The Kier molecular flexibility index (Phi) is 31.1. The second kappa shape index (κ2) is 22.1. The third-order valence-corrected chi connectivity index (χ3v) is 8.00. The number of hydrogen-bond donors (Lipinski definition) is 0. The molecule has 0 atom stereocenters. The van der Waals surface area contributed by atoms with Crippen molar-refractivity contribution < 1.29 is 0 Å². The van der Waals surface area contributed by atoms with E-state index in [-0.39, 0.29) is 34.8 Å². The summed E-state index contributed by atoms with van der Waals surface area (Å²) in [5.74, 6) is 12.8. The molecule has 0 unspecified atom stereocenters. The molecule has 0 aromatic carbocycles. The number of nitrogens with zero attached hydrogens (tertiary/aromatic N) is 2. The van der Waals surface area contributed by atoms with E-state index >= 15 is 0 Å². The Balaban J connectivity index is -0.000000102. The van der Waals surface area contributed by atoms with E-state index in [1.165, 1.54) is 10.0 Å². The van der Waals surface area contributed by atoms with Crippen molar-refractivity contribution >= 4 is 34.8 Å². The molecule has 0 amide bonds. The van der Waals surface area contributed by atoms with Crippen LogP contribution in [-0.2, 0) is 0 Å². The van der Waals surface area contributed by atoms with Gasteiger partial charge in [-0.05, 0) is 28.2 Å². The summed E-state index contributed by atoms with van der Waals surface area (Å²) >= 11 is 0.292. The molecule has 6 heteroatoms. The van der Waals surface area contributed by atoms with E-state index in [1.807, 2.05) is 0 Å². The summed E-state index contributed by atoms with van der Waals surface area (Å²) in [6.07, 6.45) is 0. The summed E-state index contributed by atoms with van der Waals surface area (Å²) in [6.45, 7) is 18.7. The van der Waals surface area contributed by atoms with Gasteiger partial charge in [0.25, 0.3) is 0 Å². The van der Waals surface area contributed by atoms with Crippen molar-refractivity contribution in [1.82, 2.24) is 10.0 Å². The molecule has 0 saturated carbocycles. The van der Waals surface area contributed by atoms with Gasteiger partial charge in [0.2, 0.25) is 0 Å². The van der Waals surface area contributed by atoms with Crippen LogP contribution in [0.1, 0.15) is 55.4 Å². The average molecular weight is 430 g/mol. The van der Waals surface area contributed by atoms with Crippen LogP contribution in [0.5, 0.6) is 0 Å². The van der Waals surface area contributed by atoms with Crippen LogP contribution in [0.3, 0.4) is 0 Å². The quantitative estimate of drug-likeness (QED) is 0.423. The molecular weight excluding hydrogens is 388 g/mol. The van der Waals surface area contributed by atoms with E-state index in [0.29, 0.717) is 0 Å². The zero-order chi connectivity index (χ0) is 18.9. The minimum absolute atomic E-state index is 0.146. The summed E-state index contributed by atoms with van der Waals surface area (Å²) in [5, 5.41) is 2.50. The molecular formula is C16H42Ga2N4-2. The molecule has 0 heterocycles. The normalized spacial score (nSPS) is 10.0. The fraction of sp³-hybridized carbons (Fsp3) is 1.00. The zero-order valence-electron chi connectivity index (χ0n) is 17.4. The van der Waals surface area contributed by atoms with Crippen LogP contribution in [0.25, 0.3) is 11.7 Å². The molecule has 0 rings (SSSR count). The van der Waals surface area contributed by atoms with Crippen LogP contribution in [0.4, 0.5) is 0 Å². The standard InChI is InChI=1S/4C3H7.2C2H7N2.2Ga/c4*1-3-2;2*1-4(2)3;;/h4*3H,1-2H3;2*3H,1-2H3;;/q;;;;2*-1;;. The van der Waals surface area contributed by atoms with Crippen molar-refractivity contribution in [3.05, 3.63) is 11.7 Å². The molecule has 2 radical (unpaired) electrons. The molecule has 0 aliphatic carbocycles. The van der Waals surface area contributed by atoms with Gasteiger partial charge >= 0.3 is 108 Å². The second-order valence-corrected chi connectivity index (χ2v) is 20.0. The van der Waals surface area contributed by atoms with Crippen LogP contribution in [0, 0.1) is 0 Å². The van der Waals surface area contributed by atoms with Gasteiger partial charge in [0.1, 0.15) is 0 Å². The van der Waals surface area contributed by atoms with Gasteiger partial charge in [-0.2, -0.15) is 0 Å². The summed E-state index contributed by atoms with van der Waals surface area (Å²) < 4.78 is 4.12. The number of rotatable bonds is 4. The summed E-state index contributed by atoms with van der Waals surface area (Å²) in [6, 6.07) is 0. The first kappa shape index (κ1) is 30.9. The Labute approximate surface area is 157 Å². The number of nitrogens with one attached hydrogen (secondary N) is 2. The second-order valence-electron chi connectivity index (χ2n) is 7.15. The Morgan fingerprint density at radius 1 is 0.500 bits per heavy atom. The average Bonchev–Trinajstić information content (AvgIpc) is 2.10. The maximum atomic E-state index is 6.42. The molecule has 0 bridgehead atoms. The van der Waals surface area contributed by atoms with Gasteiger partial charge in [0.15, 0.2) is 0 Å². The molecule has 0 aromatic rings. The summed E-state index contributed by atoms with van der Waals surface area (Å²) in [4.78, 5) is 0. The minimum atomic E-state index is 0.146. The Morgan fingerprint density at radius 3 is 0.591 bits per heavy atom. The van der Waals surface area contributed by atoms with Crippen LogP contribution >= 0.6 is 0 Å². The van der Waals surface area contributed by atoms with Gasteiger partial charge in [-0.3, -0.25) is 0 Å². The van der Waals surface area contributed by atoms with Crippen molar-refractivity contribution in [2.75, 3.05) is 28.2 Å². The van der Waals surface area contributed by atoms with E-state index in [9.17, 15) is 0 Å². The molecule has 22 heavy (non-hydrogen) atoms. The Morgan fingerprint density at radius 2 is 0.591 bits per heavy atom. The van der Waals surface area contributed by atoms with Gasteiger partial charge in [0, 0.05) is 0 Å². The van der Waals surface area contributed by atoms with Crippen molar-refractivity contribution in [2.24, 2.45) is 0 Å². The third-order valence-electron chi connectivity index (χ3n) is 1.54. The van der Waals surface area contributed by atoms with E-state index < -0.39 is 0 Å². The maximum absolute atomic E-state index is 6.42. The van der Waals surface area contributed by atoms with E-state index in [2.05, 4.69) is 55.4 Å². The van der Waals surface area contributed by atoms with Crippen molar-refractivity contribution in [3.8, 4) is 0 Å². The van der Waals surface area contributed by atoms with Crippen LogP contribution in [0.2, 0.25) is 17.9 Å². The molecule has 4 nitrogen and oxygen atoms in total. The molecule has 0 aromatic heterocycles. The van der Waals surface area contributed by atoms with E-state index in [4.69, 9.17) is 11.7 Å². The first-order valence-electron chi connectivity index (χ1n) is 8.19. The predicted octanol–water partition coefficient (Wildman–Crippen LogP) is 5.72. The Hall–Kier alpha value is 1.11. The van der Waals surface area contributed by atoms with Crippen molar-refractivity contribution in [3.63, 3.8) is 0 Å². The molecule has 0 fully saturated rings. The summed E-state index contributed by atoms with van der Waals surface area (Å²) in [5.41, 5.74) is 0. The van der Waals surface area contributed by atoms with Gasteiger partial charge in [-0.25, -0.2) is 0 Å². The Bertz CT molecular complexity index is 147. The van der Waals surface area contributed by atoms with Gasteiger partial charge in [0.05, 0.1) is 0 Å². The first-order valence-corrected chi connectivity index (χ1v) is 13.8. The molecule has 0 spiro atoms. The summed E-state index contributed by atoms with van der Waals surface area (Å²) in [7, 11) is 6.67. The van der Waals surface area contributed by atoms with Crippen LogP contribution in [-0.4, -0.2) is 73.0 Å². The van der Waals surface area contributed by atoms with Crippen LogP contribution in [0.15, 0.2) is 0 Å². The molecule has 0 aliphatic rings. The monoisotopic (exact) mass is 428 g/mol. The van der Waals surface area contributed by atoms with Crippen molar-refractivity contribution in [1.29, 1.82) is 0 Å². The topological polar surface area (TPSA) is 54.1 Å². The molecule has 134 valence electrons. The zero-order valence-corrected chi connectivity index (χ0v) is 22.2. The van der Waals surface area contributed by atoms with Gasteiger partial charge in [-0.15, -0.1) is 0 Å². The van der Waals surface area contributed by atoms with E-state index in [1.54, 1.807) is 28.2 Å².